The Morgan fingerprint density at radius 1 is 0.938 bits per heavy atom. The number of halogens is 2. The first-order valence-electron chi connectivity index (χ1n) is 4.52. The lowest BCUT2D eigenvalue weighted by Crippen LogP contribution is -2.23. The van der Waals surface area contributed by atoms with Crippen molar-refractivity contribution in [3.63, 3.8) is 0 Å². The zero-order valence-electron chi connectivity index (χ0n) is 9.25. The monoisotopic (exact) mass is 268 g/mol. The van der Waals surface area contributed by atoms with Crippen LogP contribution in [0.25, 0.3) is 0 Å². The minimum atomic E-state index is -0.333. The van der Waals surface area contributed by atoms with Crippen molar-refractivity contribution in [3.05, 3.63) is 24.3 Å². The Kier molecular flexibility index (Phi) is 9.37. The van der Waals surface area contributed by atoms with E-state index in [1.807, 2.05) is 18.2 Å². The molecule has 0 amide bonds. The Labute approximate surface area is 108 Å². The standard InChI is InChI=1S/C10H16N2O2.2ClH/c1-7(11)13-9-4-3-5-10(6-9)14-8(2)12;;/h3-8H,11-12H2,1-2H3;2*1H. The van der Waals surface area contributed by atoms with Crippen molar-refractivity contribution in [3.8, 4) is 11.5 Å². The second-order valence-electron chi connectivity index (χ2n) is 3.12. The van der Waals surface area contributed by atoms with Crippen LogP contribution in [-0.4, -0.2) is 12.5 Å². The molecule has 1 rings (SSSR count). The van der Waals surface area contributed by atoms with Gasteiger partial charge in [0.05, 0.1) is 0 Å². The minimum Gasteiger partial charge on any atom is -0.476 e. The summed E-state index contributed by atoms with van der Waals surface area (Å²) in [7, 11) is 0. The number of hydrogen-bond donors (Lipinski definition) is 2. The normalized spacial score (nSPS) is 12.8. The van der Waals surface area contributed by atoms with E-state index in [1.54, 1.807) is 19.9 Å². The molecule has 94 valence electrons. The maximum atomic E-state index is 5.49. The number of hydrogen-bond acceptors (Lipinski definition) is 4. The molecule has 0 bridgehead atoms. The first-order valence-corrected chi connectivity index (χ1v) is 4.52. The number of ether oxygens (including phenoxy) is 2. The fourth-order valence-electron chi connectivity index (χ4n) is 1.05. The summed E-state index contributed by atoms with van der Waals surface area (Å²) < 4.78 is 10.6. The second kappa shape index (κ2) is 8.47. The maximum Gasteiger partial charge on any atom is 0.144 e. The molecule has 0 saturated heterocycles. The highest BCUT2D eigenvalue weighted by atomic mass is 35.5. The Morgan fingerprint density at radius 2 is 1.31 bits per heavy atom. The molecule has 0 saturated carbocycles. The fourth-order valence-corrected chi connectivity index (χ4v) is 1.05. The second-order valence-corrected chi connectivity index (χ2v) is 3.12. The molecular formula is C10H18Cl2N2O2. The smallest absolute Gasteiger partial charge is 0.144 e. The molecule has 2 atom stereocenters. The topological polar surface area (TPSA) is 70.5 Å². The van der Waals surface area contributed by atoms with E-state index < -0.39 is 0 Å². The average molecular weight is 269 g/mol. The van der Waals surface area contributed by atoms with E-state index in [9.17, 15) is 0 Å². The van der Waals surface area contributed by atoms with E-state index in [0.29, 0.717) is 11.5 Å². The number of nitrogens with two attached hydrogens (primary N) is 2. The summed E-state index contributed by atoms with van der Waals surface area (Å²) in [4.78, 5) is 0. The Balaban J connectivity index is 0. The van der Waals surface area contributed by atoms with Gasteiger partial charge in [-0.15, -0.1) is 24.8 Å². The molecule has 1 aromatic rings. The first kappa shape index (κ1) is 17.7. The summed E-state index contributed by atoms with van der Waals surface area (Å²) in [6.07, 6.45) is -0.666. The zero-order valence-corrected chi connectivity index (χ0v) is 10.9. The van der Waals surface area contributed by atoms with Gasteiger partial charge in [0.1, 0.15) is 24.0 Å². The van der Waals surface area contributed by atoms with Crippen molar-refractivity contribution in [2.75, 3.05) is 0 Å². The predicted octanol–water partition coefficient (Wildman–Crippen LogP) is 1.90. The SMILES string of the molecule is CC(N)Oc1cccc(OC(C)N)c1.Cl.Cl. The molecule has 0 spiro atoms. The van der Waals surface area contributed by atoms with Crippen LogP contribution in [-0.2, 0) is 0 Å². The largest absolute Gasteiger partial charge is 0.476 e. The van der Waals surface area contributed by atoms with Gasteiger partial charge in [0.25, 0.3) is 0 Å². The highest BCUT2D eigenvalue weighted by molar-refractivity contribution is 5.85. The van der Waals surface area contributed by atoms with Gasteiger partial charge in [0.2, 0.25) is 0 Å². The van der Waals surface area contributed by atoms with Crippen LogP contribution >= 0.6 is 24.8 Å². The molecule has 16 heavy (non-hydrogen) atoms. The van der Waals surface area contributed by atoms with Crippen molar-refractivity contribution in [1.29, 1.82) is 0 Å². The molecule has 4 nitrogen and oxygen atoms in total. The van der Waals surface area contributed by atoms with E-state index in [4.69, 9.17) is 20.9 Å². The van der Waals surface area contributed by atoms with Crippen LogP contribution in [0.4, 0.5) is 0 Å². The molecule has 0 aliphatic heterocycles. The first-order chi connectivity index (χ1) is 6.58. The van der Waals surface area contributed by atoms with Crippen LogP contribution in [0.1, 0.15) is 13.8 Å². The molecule has 0 aliphatic rings. The highest BCUT2D eigenvalue weighted by Gasteiger charge is 2.01. The van der Waals surface area contributed by atoms with Crippen molar-refractivity contribution in [1.82, 2.24) is 0 Å². The molecule has 0 fully saturated rings. The van der Waals surface area contributed by atoms with Crippen molar-refractivity contribution >= 4 is 24.8 Å². The fraction of sp³-hybridized carbons (Fsp3) is 0.400. The molecule has 1 aromatic carbocycles. The number of benzene rings is 1. The van der Waals surface area contributed by atoms with Crippen LogP contribution in [0, 0.1) is 0 Å². The third-order valence-corrected chi connectivity index (χ3v) is 1.45. The van der Waals surface area contributed by atoms with Crippen molar-refractivity contribution in [2.45, 2.75) is 26.3 Å². The molecule has 0 aromatic heterocycles. The Bertz CT molecular complexity index is 271. The van der Waals surface area contributed by atoms with E-state index in [0.717, 1.165) is 0 Å². The third-order valence-electron chi connectivity index (χ3n) is 1.45. The van der Waals surface area contributed by atoms with Gasteiger partial charge >= 0.3 is 0 Å². The lowest BCUT2D eigenvalue weighted by Gasteiger charge is -2.12. The summed E-state index contributed by atoms with van der Waals surface area (Å²) >= 11 is 0. The Morgan fingerprint density at radius 3 is 1.62 bits per heavy atom. The number of rotatable bonds is 4. The summed E-state index contributed by atoms with van der Waals surface area (Å²) in [5.74, 6) is 1.36. The molecule has 2 unspecified atom stereocenters. The quantitative estimate of drug-likeness (QED) is 0.819. The lowest BCUT2D eigenvalue weighted by molar-refractivity contribution is 0.217. The van der Waals surface area contributed by atoms with E-state index >= 15 is 0 Å². The van der Waals surface area contributed by atoms with Gasteiger partial charge in [-0.05, 0) is 26.0 Å². The van der Waals surface area contributed by atoms with Gasteiger partial charge in [-0.25, -0.2) is 0 Å². The molecule has 0 radical (unpaired) electrons. The highest BCUT2D eigenvalue weighted by Crippen LogP contribution is 2.20. The van der Waals surface area contributed by atoms with Crippen molar-refractivity contribution in [2.24, 2.45) is 11.5 Å². The Hall–Kier alpha value is -0.680. The van der Waals surface area contributed by atoms with E-state index in [1.165, 1.54) is 0 Å². The van der Waals surface area contributed by atoms with E-state index in [2.05, 4.69) is 0 Å². The minimum absolute atomic E-state index is 0. The van der Waals surface area contributed by atoms with Gasteiger partial charge in [0.15, 0.2) is 0 Å². The molecule has 4 N–H and O–H groups in total. The average Bonchev–Trinajstić information content (AvgIpc) is 2.01. The van der Waals surface area contributed by atoms with Crippen molar-refractivity contribution < 1.29 is 9.47 Å². The van der Waals surface area contributed by atoms with Crippen LogP contribution in [0.2, 0.25) is 0 Å². The van der Waals surface area contributed by atoms with Gasteiger partial charge in [0, 0.05) is 6.07 Å². The van der Waals surface area contributed by atoms with Gasteiger partial charge in [-0.2, -0.15) is 0 Å². The summed E-state index contributed by atoms with van der Waals surface area (Å²) in [5.41, 5.74) is 11.0. The van der Waals surface area contributed by atoms with Crippen LogP contribution < -0.4 is 20.9 Å². The molecular weight excluding hydrogens is 251 g/mol. The summed E-state index contributed by atoms with van der Waals surface area (Å²) in [6, 6.07) is 7.22. The molecule has 0 heterocycles. The van der Waals surface area contributed by atoms with Gasteiger partial charge in [-0.3, -0.25) is 11.5 Å². The van der Waals surface area contributed by atoms with Gasteiger partial charge in [-0.1, -0.05) is 6.07 Å². The zero-order chi connectivity index (χ0) is 10.6. The third kappa shape index (κ3) is 6.74. The lowest BCUT2D eigenvalue weighted by atomic mass is 10.3. The van der Waals surface area contributed by atoms with Crippen LogP contribution in [0.3, 0.4) is 0 Å². The van der Waals surface area contributed by atoms with Crippen LogP contribution in [0.15, 0.2) is 24.3 Å². The maximum absolute atomic E-state index is 5.49. The summed E-state index contributed by atoms with van der Waals surface area (Å²) in [6.45, 7) is 3.53. The molecule has 6 heteroatoms. The molecule has 0 aliphatic carbocycles. The van der Waals surface area contributed by atoms with Gasteiger partial charge < -0.3 is 9.47 Å². The predicted molar refractivity (Wildman–Crippen MR) is 69.5 cm³/mol. The van der Waals surface area contributed by atoms with E-state index in [-0.39, 0.29) is 37.3 Å². The van der Waals surface area contributed by atoms with Crippen LogP contribution in [0.5, 0.6) is 11.5 Å². The summed E-state index contributed by atoms with van der Waals surface area (Å²) in [5, 5.41) is 0.